The van der Waals surface area contributed by atoms with Gasteiger partial charge in [0.2, 0.25) is 0 Å². The Bertz CT molecular complexity index is 202. The third-order valence-electron chi connectivity index (χ3n) is 1.94. The van der Waals surface area contributed by atoms with Crippen molar-refractivity contribution < 1.29 is 14.7 Å². The van der Waals surface area contributed by atoms with E-state index in [4.69, 9.17) is 5.11 Å². The molecule has 0 rings (SSSR count). The van der Waals surface area contributed by atoms with E-state index >= 15 is 0 Å². The highest BCUT2D eigenvalue weighted by molar-refractivity contribution is 5.79. The maximum atomic E-state index is 11.0. The van der Waals surface area contributed by atoms with Gasteiger partial charge in [-0.25, -0.2) is 0 Å². The Kier molecular flexibility index (Phi) is 11.6. The summed E-state index contributed by atoms with van der Waals surface area (Å²) in [5.74, 6) is -0.774. The molecule has 0 bridgehead atoms. The highest BCUT2D eigenvalue weighted by atomic mass is 16.4. The van der Waals surface area contributed by atoms with Crippen LogP contribution in [0.4, 0.5) is 0 Å². The predicted octanol–water partition coefficient (Wildman–Crippen LogP) is 2.22. The van der Waals surface area contributed by atoms with Gasteiger partial charge in [0.05, 0.1) is 0 Å². The molecule has 96 valence electrons. The van der Waals surface area contributed by atoms with Crippen LogP contribution in [0.25, 0.3) is 0 Å². The lowest BCUT2D eigenvalue weighted by Crippen LogP contribution is -2.41. The molecule has 0 aromatic heterocycles. The molecule has 0 heterocycles. The number of carboxylic acid groups (broad SMARTS) is 1. The van der Waals surface area contributed by atoms with Crippen molar-refractivity contribution in [2.24, 2.45) is 0 Å². The summed E-state index contributed by atoms with van der Waals surface area (Å²) in [7, 11) is 0. The minimum absolute atomic E-state index is 0.113. The summed E-state index contributed by atoms with van der Waals surface area (Å²) < 4.78 is 0. The largest absolute Gasteiger partial charge is 0.480 e. The smallest absolute Gasteiger partial charge is 0.320 e. The molecule has 0 radical (unpaired) electrons. The number of carbonyl (C=O) groups excluding carboxylic acids is 1. The number of nitrogens with one attached hydrogen (secondary N) is 1. The Hall–Kier alpha value is -0.900. The molecule has 16 heavy (non-hydrogen) atoms. The van der Waals surface area contributed by atoms with Crippen molar-refractivity contribution in [3.05, 3.63) is 0 Å². The minimum Gasteiger partial charge on any atom is -0.480 e. The van der Waals surface area contributed by atoms with Crippen molar-refractivity contribution in [2.75, 3.05) is 0 Å². The van der Waals surface area contributed by atoms with Gasteiger partial charge in [0, 0.05) is 18.9 Å². The van der Waals surface area contributed by atoms with Gasteiger partial charge < -0.3 is 10.4 Å². The van der Waals surface area contributed by atoms with Crippen LogP contribution >= 0.6 is 0 Å². The second kappa shape index (κ2) is 10.6. The average Bonchev–Trinajstić information content (AvgIpc) is 2.25. The molecule has 0 aliphatic rings. The zero-order valence-electron chi connectivity index (χ0n) is 11.0. The van der Waals surface area contributed by atoms with Crippen LogP contribution in [0.5, 0.6) is 0 Å². The van der Waals surface area contributed by atoms with Crippen molar-refractivity contribution in [1.82, 2.24) is 5.32 Å². The molecule has 1 unspecified atom stereocenters. The van der Waals surface area contributed by atoms with Crippen LogP contribution in [0, 0.1) is 0 Å². The molecular weight excluding hydrogens is 206 g/mol. The van der Waals surface area contributed by atoms with Gasteiger partial charge in [0.15, 0.2) is 0 Å². The second-order valence-corrected chi connectivity index (χ2v) is 3.64. The van der Waals surface area contributed by atoms with Gasteiger partial charge in [-0.3, -0.25) is 9.59 Å². The summed E-state index contributed by atoms with van der Waals surface area (Å²) in [5.41, 5.74) is 0. The van der Waals surface area contributed by atoms with Crippen LogP contribution in [0.2, 0.25) is 0 Å². The molecule has 0 aliphatic carbocycles. The highest BCUT2D eigenvalue weighted by Crippen LogP contribution is 2.02. The van der Waals surface area contributed by atoms with Crippen LogP contribution in [0.3, 0.4) is 0 Å². The minimum atomic E-state index is -0.886. The first-order valence-corrected chi connectivity index (χ1v) is 5.98. The van der Waals surface area contributed by atoms with E-state index in [1.54, 1.807) is 6.92 Å². The number of ketones is 1. The Balaban J connectivity index is 0. The fourth-order valence-electron chi connectivity index (χ4n) is 1.16. The average molecular weight is 231 g/mol. The van der Waals surface area contributed by atoms with E-state index in [2.05, 4.69) is 5.32 Å². The molecule has 0 aliphatic heterocycles. The van der Waals surface area contributed by atoms with E-state index in [0.29, 0.717) is 19.3 Å². The van der Waals surface area contributed by atoms with Crippen molar-refractivity contribution >= 4 is 11.8 Å². The molecule has 0 saturated carbocycles. The van der Waals surface area contributed by atoms with Gasteiger partial charge in [0.1, 0.15) is 11.8 Å². The Morgan fingerprint density at radius 2 is 1.75 bits per heavy atom. The fourth-order valence-corrected chi connectivity index (χ4v) is 1.16. The topological polar surface area (TPSA) is 66.4 Å². The predicted molar refractivity (Wildman–Crippen MR) is 65.6 cm³/mol. The molecule has 0 saturated heterocycles. The lowest BCUT2D eigenvalue weighted by Gasteiger charge is -2.16. The monoisotopic (exact) mass is 231 g/mol. The number of hydrogen-bond acceptors (Lipinski definition) is 3. The molecule has 2 N–H and O–H groups in total. The number of rotatable bonds is 7. The maximum Gasteiger partial charge on any atom is 0.320 e. The molecule has 0 fully saturated rings. The molecule has 0 aromatic rings. The van der Waals surface area contributed by atoms with Crippen molar-refractivity contribution in [1.29, 1.82) is 0 Å². The number of carboxylic acids is 1. The third kappa shape index (κ3) is 9.65. The summed E-state index contributed by atoms with van der Waals surface area (Å²) in [4.78, 5) is 21.8. The Morgan fingerprint density at radius 1 is 1.25 bits per heavy atom. The molecule has 0 amide bonds. The Labute approximate surface area is 98.4 Å². The first-order chi connectivity index (χ1) is 7.47. The first-order valence-electron chi connectivity index (χ1n) is 5.98. The summed E-state index contributed by atoms with van der Waals surface area (Å²) in [5, 5.41) is 11.7. The normalized spacial score (nSPS) is 11.6. The lowest BCUT2D eigenvalue weighted by molar-refractivity contribution is -0.139. The van der Waals surface area contributed by atoms with E-state index in [0.717, 1.165) is 0 Å². The zero-order chi connectivity index (χ0) is 13.1. The van der Waals surface area contributed by atoms with Crippen molar-refractivity contribution in [3.63, 3.8) is 0 Å². The van der Waals surface area contributed by atoms with Crippen LogP contribution in [0.1, 0.15) is 53.9 Å². The SMILES string of the molecule is CC.CCC(=O)CCC(NC(C)C)C(=O)O. The summed E-state index contributed by atoms with van der Waals surface area (Å²) >= 11 is 0. The summed E-state index contributed by atoms with van der Waals surface area (Å²) in [6.07, 6.45) is 1.20. The van der Waals surface area contributed by atoms with Gasteiger partial charge >= 0.3 is 5.97 Å². The van der Waals surface area contributed by atoms with Crippen LogP contribution < -0.4 is 5.32 Å². The van der Waals surface area contributed by atoms with Gasteiger partial charge in [-0.1, -0.05) is 34.6 Å². The van der Waals surface area contributed by atoms with Crippen LogP contribution in [-0.4, -0.2) is 28.9 Å². The van der Waals surface area contributed by atoms with E-state index in [9.17, 15) is 9.59 Å². The summed E-state index contributed by atoms with van der Waals surface area (Å²) in [6, 6.07) is -0.488. The van der Waals surface area contributed by atoms with E-state index in [1.807, 2.05) is 27.7 Å². The quantitative estimate of drug-likeness (QED) is 0.705. The maximum absolute atomic E-state index is 11.0. The van der Waals surface area contributed by atoms with Gasteiger partial charge in [0.25, 0.3) is 0 Å². The van der Waals surface area contributed by atoms with E-state index in [-0.39, 0.29) is 11.8 Å². The van der Waals surface area contributed by atoms with Gasteiger partial charge in [-0.2, -0.15) is 0 Å². The zero-order valence-corrected chi connectivity index (χ0v) is 11.0. The number of Topliss-reactive ketones (excluding diaryl/α,β-unsaturated/α-hetero) is 1. The van der Waals surface area contributed by atoms with Crippen molar-refractivity contribution in [2.45, 2.75) is 66.0 Å². The first kappa shape index (κ1) is 17.5. The van der Waals surface area contributed by atoms with Gasteiger partial charge in [-0.15, -0.1) is 0 Å². The fraction of sp³-hybridized carbons (Fsp3) is 0.833. The van der Waals surface area contributed by atoms with Crippen LogP contribution in [-0.2, 0) is 9.59 Å². The van der Waals surface area contributed by atoms with Gasteiger partial charge in [-0.05, 0) is 6.42 Å². The van der Waals surface area contributed by atoms with E-state index in [1.165, 1.54) is 0 Å². The lowest BCUT2D eigenvalue weighted by atomic mass is 10.1. The van der Waals surface area contributed by atoms with Crippen LogP contribution in [0.15, 0.2) is 0 Å². The third-order valence-corrected chi connectivity index (χ3v) is 1.94. The number of carbonyl (C=O) groups is 2. The van der Waals surface area contributed by atoms with E-state index < -0.39 is 12.0 Å². The molecule has 4 nitrogen and oxygen atoms in total. The summed E-state index contributed by atoms with van der Waals surface area (Å²) in [6.45, 7) is 9.56. The number of aliphatic carboxylic acids is 1. The standard InChI is InChI=1S/C10H19NO3.C2H6/c1-4-8(12)5-6-9(10(13)14)11-7(2)3;1-2/h7,9,11H,4-6H2,1-3H3,(H,13,14);1-2H3. The molecular formula is C12H25NO3. The second-order valence-electron chi connectivity index (χ2n) is 3.64. The van der Waals surface area contributed by atoms with Crippen molar-refractivity contribution in [3.8, 4) is 0 Å². The molecule has 0 spiro atoms. The molecule has 1 atom stereocenters. The molecule has 4 heteroatoms. The Morgan fingerprint density at radius 3 is 2.06 bits per heavy atom. The molecule has 0 aromatic carbocycles. The number of hydrogen-bond donors (Lipinski definition) is 2. The highest BCUT2D eigenvalue weighted by Gasteiger charge is 2.18.